The summed E-state index contributed by atoms with van der Waals surface area (Å²) in [5, 5.41) is 0. The average molecular weight is 248 g/mol. The minimum atomic E-state index is 0.208. The second-order valence-electron chi connectivity index (χ2n) is 4.51. The van der Waals surface area contributed by atoms with E-state index < -0.39 is 0 Å². The van der Waals surface area contributed by atoms with E-state index in [2.05, 4.69) is 11.1 Å². The molecule has 0 saturated carbocycles. The lowest BCUT2D eigenvalue weighted by atomic mass is 9.91. The Morgan fingerprint density at radius 1 is 1.39 bits per heavy atom. The topological polar surface area (TPSA) is 33.2 Å². The van der Waals surface area contributed by atoms with Gasteiger partial charge in [0.05, 0.1) is 0 Å². The molecule has 1 amide bonds. The van der Waals surface area contributed by atoms with Crippen molar-refractivity contribution >= 4 is 5.91 Å². The fourth-order valence-corrected chi connectivity index (χ4v) is 2.30. The van der Waals surface area contributed by atoms with Crippen molar-refractivity contribution in [1.82, 2.24) is 9.88 Å². The molecule has 100 valence electrons. The third kappa shape index (κ3) is 4.47. The Hall–Kier alpha value is -1.38. The van der Waals surface area contributed by atoms with E-state index in [0.29, 0.717) is 5.92 Å². The summed E-state index contributed by atoms with van der Waals surface area (Å²) in [5.41, 5.74) is 1.31. The van der Waals surface area contributed by atoms with Crippen molar-refractivity contribution in [3.63, 3.8) is 0 Å². The van der Waals surface area contributed by atoms with Gasteiger partial charge in [-0.25, -0.2) is 0 Å². The number of hydrogen-bond acceptors (Lipinski definition) is 2. The van der Waals surface area contributed by atoms with Crippen LogP contribution in [0.5, 0.6) is 0 Å². The number of likely N-dealkylation sites (tertiary alicyclic amines) is 1. The highest BCUT2D eigenvalue weighted by Crippen LogP contribution is 2.21. The molecule has 18 heavy (non-hydrogen) atoms. The van der Waals surface area contributed by atoms with Crippen molar-refractivity contribution in [3.8, 4) is 0 Å². The van der Waals surface area contributed by atoms with E-state index in [1.54, 1.807) is 6.92 Å². The molecule has 1 fully saturated rings. The smallest absolute Gasteiger partial charge is 0.219 e. The summed E-state index contributed by atoms with van der Waals surface area (Å²) in [6.45, 7) is 7.49. The van der Waals surface area contributed by atoms with Gasteiger partial charge in [-0.15, -0.1) is 0 Å². The lowest BCUT2D eigenvalue weighted by Crippen LogP contribution is -2.37. The van der Waals surface area contributed by atoms with E-state index in [-0.39, 0.29) is 5.91 Å². The first-order chi connectivity index (χ1) is 8.75. The number of aromatic nitrogens is 1. The SMILES string of the molecule is CC.CC(=O)N1CCC(Cc2cccnc2)CC1. The molecule has 1 aromatic heterocycles. The molecule has 0 bridgehead atoms. The molecular weight excluding hydrogens is 224 g/mol. The first-order valence-corrected chi connectivity index (χ1v) is 6.90. The standard InChI is InChI=1S/C13H18N2O.C2H6/c1-11(16)15-7-4-12(5-8-15)9-13-3-2-6-14-10-13;1-2/h2-3,6,10,12H,4-5,7-9H2,1H3;1-2H3. The monoisotopic (exact) mass is 248 g/mol. The summed E-state index contributed by atoms with van der Waals surface area (Å²) < 4.78 is 0. The van der Waals surface area contributed by atoms with Gasteiger partial charge in [-0.2, -0.15) is 0 Å². The number of rotatable bonds is 2. The van der Waals surface area contributed by atoms with Gasteiger partial charge in [-0.3, -0.25) is 9.78 Å². The van der Waals surface area contributed by atoms with Crippen LogP contribution >= 0.6 is 0 Å². The molecule has 1 aliphatic rings. The van der Waals surface area contributed by atoms with Gasteiger partial charge in [0.25, 0.3) is 0 Å². The van der Waals surface area contributed by atoms with Crippen LogP contribution in [-0.2, 0) is 11.2 Å². The Kier molecular flexibility index (Phi) is 6.40. The molecule has 2 rings (SSSR count). The van der Waals surface area contributed by atoms with Crippen LogP contribution in [0, 0.1) is 5.92 Å². The summed E-state index contributed by atoms with van der Waals surface area (Å²) >= 11 is 0. The maximum atomic E-state index is 11.2. The van der Waals surface area contributed by atoms with Gasteiger partial charge in [0, 0.05) is 32.4 Å². The molecule has 0 radical (unpaired) electrons. The number of hydrogen-bond donors (Lipinski definition) is 0. The highest BCUT2D eigenvalue weighted by Gasteiger charge is 2.20. The summed E-state index contributed by atoms with van der Waals surface area (Å²) in [6, 6.07) is 4.12. The van der Waals surface area contributed by atoms with Crippen molar-refractivity contribution in [1.29, 1.82) is 0 Å². The summed E-state index contributed by atoms with van der Waals surface area (Å²) in [5.74, 6) is 0.916. The van der Waals surface area contributed by atoms with Gasteiger partial charge in [0.15, 0.2) is 0 Å². The fourth-order valence-electron chi connectivity index (χ4n) is 2.30. The number of carbonyl (C=O) groups excluding carboxylic acids is 1. The van der Waals surface area contributed by atoms with Gasteiger partial charge in [-0.1, -0.05) is 19.9 Å². The molecule has 1 aliphatic heterocycles. The van der Waals surface area contributed by atoms with Crippen LogP contribution < -0.4 is 0 Å². The molecule has 0 unspecified atom stereocenters. The molecular formula is C15H24N2O. The molecule has 3 heteroatoms. The average Bonchev–Trinajstić information content (AvgIpc) is 2.43. The lowest BCUT2D eigenvalue weighted by Gasteiger charge is -2.31. The largest absolute Gasteiger partial charge is 0.343 e. The summed E-state index contributed by atoms with van der Waals surface area (Å²) in [4.78, 5) is 17.3. The number of nitrogens with zero attached hydrogens (tertiary/aromatic N) is 2. The van der Waals surface area contributed by atoms with Crippen molar-refractivity contribution in [2.75, 3.05) is 13.1 Å². The summed E-state index contributed by atoms with van der Waals surface area (Å²) in [7, 11) is 0. The van der Waals surface area contributed by atoms with E-state index >= 15 is 0 Å². The number of amides is 1. The van der Waals surface area contributed by atoms with E-state index in [4.69, 9.17) is 0 Å². The van der Waals surface area contributed by atoms with Crippen LogP contribution in [0.2, 0.25) is 0 Å². The molecule has 0 atom stereocenters. The van der Waals surface area contributed by atoms with Gasteiger partial charge in [0.1, 0.15) is 0 Å². The van der Waals surface area contributed by atoms with Gasteiger partial charge >= 0.3 is 0 Å². The molecule has 0 spiro atoms. The molecule has 0 N–H and O–H groups in total. The quantitative estimate of drug-likeness (QED) is 0.806. The van der Waals surface area contributed by atoms with E-state index in [1.807, 2.05) is 37.2 Å². The highest BCUT2D eigenvalue weighted by molar-refractivity contribution is 5.73. The van der Waals surface area contributed by atoms with Crippen LogP contribution in [0.1, 0.15) is 39.2 Å². The minimum absolute atomic E-state index is 0.208. The molecule has 2 heterocycles. The van der Waals surface area contributed by atoms with Crippen molar-refractivity contribution < 1.29 is 4.79 Å². The first-order valence-electron chi connectivity index (χ1n) is 6.90. The second kappa shape index (κ2) is 7.85. The van der Waals surface area contributed by atoms with Crippen LogP contribution in [0.4, 0.5) is 0 Å². The van der Waals surface area contributed by atoms with Crippen molar-refractivity contribution in [2.45, 2.75) is 40.0 Å². The Labute approximate surface area is 110 Å². The van der Waals surface area contributed by atoms with E-state index in [1.165, 1.54) is 5.56 Å². The molecule has 0 aromatic carbocycles. The van der Waals surface area contributed by atoms with Crippen LogP contribution in [0.15, 0.2) is 24.5 Å². The Morgan fingerprint density at radius 3 is 2.56 bits per heavy atom. The summed E-state index contributed by atoms with van der Waals surface area (Å²) in [6.07, 6.45) is 7.09. The molecule has 3 nitrogen and oxygen atoms in total. The number of piperidine rings is 1. The third-order valence-corrected chi connectivity index (χ3v) is 3.31. The van der Waals surface area contributed by atoms with Crippen LogP contribution in [0.25, 0.3) is 0 Å². The fraction of sp³-hybridized carbons (Fsp3) is 0.600. The third-order valence-electron chi connectivity index (χ3n) is 3.31. The molecule has 1 aromatic rings. The zero-order chi connectivity index (χ0) is 13.4. The first kappa shape index (κ1) is 14.7. The van der Waals surface area contributed by atoms with Gasteiger partial charge < -0.3 is 4.90 Å². The van der Waals surface area contributed by atoms with E-state index in [9.17, 15) is 4.79 Å². The minimum Gasteiger partial charge on any atom is -0.343 e. The van der Waals surface area contributed by atoms with Crippen LogP contribution in [-0.4, -0.2) is 28.9 Å². The number of carbonyl (C=O) groups is 1. The van der Waals surface area contributed by atoms with Gasteiger partial charge in [-0.05, 0) is 36.8 Å². The predicted octanol–water partition coefficient (Wildman–Crippen LogP) is 2.91. The number of pyridine rings is 1. The molecule has 0 aliphatic carbocycles. The maximum absolute atomic E-state index is 11.2. The van der Waals surface area contributed by atoms with E-state index in [0.717, 1.165) is 32.4 Å². The van der Waals surface area contributed by atoms with Crippen LogP contribution in [0.3, 0.4) is 0 Å². The zero-order valence-electron chi connectivity index (χ0n) is 11.7. The van der Waals surface area contributed by atoms with Crippen molar-refractivity contribution in [2.24, 2.45) is 5.92 Å². The lowest BCUT2D eigenvalue weighted by molar-refractivity contribution is -0.130. The van der Waals surface area contributed by atoms with Crippen molar-refractivity contribution in [3.05, 3.63) is 30.1 Å². The second-order valence-corrected chi connectivity index (χ2v) is 4.51. The highest BCUT2D eigenvalue weighted by atomic mass is 16.2. The normalized spacial score (nSPS) is 15.8. The predicted molar refractivity (Wildman–Crippen MR) is 74.3 cm³/mol. The zero-order valence-corrected chi connectivity index (χ0v) is 11.7. The Morgan fingerprint density at radius 2 is 2.06 bits per heavy atom. The molecule has 1 saturated heterocycles. The Balaban J connectivity index is 0.000000771. The Bertz CT molecular complexity index is 343. The maximum Gasteiger partial charge on any atom is 0.219 e. The van der Waals surface area contributed by atoms with Gasteiger partial charge in [0.2, 0.25) is 5.91 Å².